The smallest absolute Gasteiger partial charge is 0.211 e. The molecule has 0 bridgehead atoms. The molecule has 1 aliphatic heterocycles. The van der Waals surface area contributed by atoms with Crippen LogP contribution in [-0.4, -0.2) is 52.2 Å². The topological polar surface area (TPSA) is 104 Å². The summed E-state index contributed by atoms with van der Waals surface area (Å²) in [6, 6.07) is 3.82. The van der Waals surface area contributed by atoms with Crippen molar-refractivity contribution >= 4 is 21.7 Å². The van der Waals surface area contributed by atoms with Crippen molar-refractivity contribution in [2.24, 2.45) is 5.92 Å². The highest BCUT2D eigenvalue weighted by Crippen LogP contribution is 2.23. The Kier molecular flexibility index (Phi) is 5.05. The molecule has 0 aliphatic carbocycles. The van der Waals surface area contributed by atoms with Crippen molar-refractivity contribution in [1.82, 2.24) is 24.5 Å². The van der Waals surface area contributed by atoms with Gasteiger partial charge in [-0.1, -0.05) is 0 Å². The van der Waals surface area contributed by atoms with Gasteiger partial charge in [-0.15, -0.1) is 0 Å². The summed E-state index contributed by atoms with van der Waals surface area (Å²) < 4.78 is 25.1. The van der Waals surface area contributed by atoms with E-state index in [2.05, 4.69) is 25.5 Å². The average molecular weight is 364 g/mol. The lowest BCUT2D eigenvalue weighted by Gasteiger charge is -2.30. The fourth-order valence-corrected chi connectivity index (χ4v) is 4.14. The Balaban J connectivity index is 1.72. The minimum atomic E-state index is -3.13. The number of hydrogen-bond acceptors (Lipinski definition) is 6. The van der Waals surface area contributed by atoms with Crippen molar-refractivity contribution in [3.05, 3.63) is 29.3 Å². The number of aromatic amines is 1. The Hall–Kier alpha value is -2.00. The lowest BCUT2D eigenvalue weighted by molar-refractivity contribution is 0.265. The summed E-state index contributed by atoms with van der Waals surface area (Å²) in [6.45, 7) is 4.96. The zero-order valence-corrected chi connectivity index (χ0v) is 15.6. The van der Waals surface area contributed by atoms with Crippen LogP contribution in [0.15, 0.2) is 12.1 Å². The minimum Gasteiger partial charge on any atom is -0.323 e. The lowest BCUT2D eigenvalue weighted by atomic mass is 9.94. The Morgan fingerprint density at radius 2 is 2.08 bits per heavy atom. The van der Waals surface area contributed by atoms with E-state index < -0.39 is 10.0 Å². The normalized spacial score (nSPS) is 19.1. The third-order valence-electron chi connectivity index (χ3n) is 4.30. The number of nitrogens with one attached hydrogen (secondary N) is 2. The third-order valence-corrected chi connectivity index (χ3v) is 5.57. The van der Waals surface area contributed by atoms with Crippen molar-refractivity contribution in [3.8, 4) is 0 Å². The number of rotatable bonds is 5. The molecule has 1 saturated heterocycles. The minimum absolute atomic E-state index is 0.276. The van der Waals surface area contributed by atoms with Gasteiger partial charge in [-0.2, -0.15) is 5.10 Å². The molecule has 2 N–H and O–H groups in total. The fraction of sp³-hybridized carbons (Fsp3) is 0.562. The molecule has 25 heavy (non-hydrogen) atoms. The molecule has 1 atom stereocenters. The van der Waals surface area contributed by atoms with Crippen LogP contribution in [0.25, 0.3) is 0 Å². The maximum absolute atomic E-state index is 11.8. The van der Waals surface area contributed by atoms with Gasteiger partial charge in [0.1, 0.15) is 11.6 Å². The number of nitrogens with zero attached hydrogens (tertiary/aromatic N) is 4. The van der Waals surface area contributed by atoms with Crippen LogP contribution in [0, 0.1) is 19.8 Å². The van der Waals surface area contributed by atoms with E-state index in [1.54, 1.807) is 4.31 Å². The molecule has 0 saturated carbocycles. The highest BCUT2D eigenvalue weighted by molar-refractivity contribution is 7.88. The molecule has 0 aromatic carbocycles. The first-order chi connectivity index (χ1) is 11.8. The van der Waals surface area contributed by atoms with Gasteiger partial charge in [0.05, 0.1) is 6.26 Å². The molecule has 1 fully saturated rings. The molecule has 0 unspecified atom stereocenters. The van der Waals surface area contributed by atoms with Crippen LogP contribution >= 0.6 is 0 Å². The molecule has 3 heterocycles. The highest BCUT2D eigenvalue weighted by Gasteiger charge is 2.26. The SMILES string of the molecule is Cc1nc(C[C@H]2CCCN(S(C)(=O)=O)C2)cc(Nc2cc(C)[nH]n2)n1. The van der Waals surface area contributed by atoms with Gasteiger partial charge in [0.2, 0.25) is 10.0 Å². The van der Waals surface area contributed by atoms with Gasteiger partial charge in [-0.25, -0.2) is 22.7 Å². The van der Waals surface area contributed by atoms with E-state index in [0.717, 1.165) is 30.7 Å². The van der Waals surface area contributed by atoms with Crippen LogP contribution in [0.4, 0.5) is 11.6 Å². The summed E-state index contributed by atoms with van der Waals surface area (Å²) >= 11 is 0. The van der Waals surface area contributed by atoms with E-state index in [1.807, 2.05) is 26.0 Å². The second-order valence-corrected chi connectivity index (χ2v) is 8.67. The molecule has 0 amide bonds. The summed E-state index contributed by atoms with van der Waals surface area (Å²) in [7, 11) is -3.13. The monoisotopic (exact) mass is 364 g/mol. The Bertz CT molecular complexity index is 848. The summed E-state index contributed by atoms with van der Waals surface area (Å²) in [6.07, 6.45) is 3.91. The molecule has 2 aromatic heterocycles. The van der Waals surface area contributed by atoms with E-state index in [-0.39, 0.29) is 5.92 Å². The van der Waals surface area contributed by atoms with Crippen molar-refractivity contribution in [2.45, 2.75) is 33.1 Å². The van der Waals surface area contributed by atoms with Gasteiger partial charge < -0.3 is 5.32 Å². The molecule has 1 aliphatic rings. The van der Waals surface area contributed by atoms with Gasteiger partial charge >= 0.3 is 0 Å². The fourth-order valence-electron chi connectivity index (χ4n) is 3.20. The zero-order valence-electron chi connectivity index (χ0n) is 14.8. The Labute approximate surface area is 148 Å². The number of hydrogen-bond donors (Lipinski definition) is 2. The molecule has 0 spiro atoms. The van der Waals surface area contributed by atoms with Crippen molar-refractivity contribution in [3.63, 3.8) is 0 Å². The van der Waals surface area contributed by atoms with Crippen LogP contribution in [0.5, 0.6) is 0 Å². The first-order valence-electron chi connectivity index (χ1n) is 8.38. The standard InChI is InChI=1S/C16H24N6O2S/c1-11-7-16(21-20-11)19-15-9-14(17-12(2)18-15)8-13-5-4-6-22(10-13)25(3,23)24/h7,9,13H,4-6,8,10H2,1-3H3,(H2,17,18,19,20,21)/t13-/m1/s1. The third kappa shape index (κ3) is 4.76. The van der Waals surface area contributed by atoms with Gasteiger partial charge in [0.15, 0.2) is 5.82 Å². The summed E-state index contributed by atoms with van der Waals surface area (Å²) in [5.74, 6) is 2.37. The largest absolute Gasteiger partial charge is 0.323 e. The number of H-pyrrole nitrogens is 1. The van der Waals surface area contributed by atoms with Gasteiger partial charge in [0.25, 0.3) is 0 Å². The van der Waals surface area contributed by atoms with Crippen LogP contribution in [0.2, 0.25) is 0 Å². The predicted molar refractivity (Wildman–Crippen MR) is 96.2 cm³/mol. The van der Waals surface area contributed by atoms with E-state index >= 15 is 0 Å². The second-order valence-electron chi connectivity index (χ2n) is 6.69. The van der Waals surface area contributed by atoms with Crippen LogP contribution in [-0.2, 0) is 16.4 Å². The summed E-state index contributed by atoms with van der Waals surface area (Å²) in [5, 5.41) is 10.2. The number of aromatic nitrogens is 4. The maximum Gasteiger partial charge on any atom is 0.211 e. The summed E-state index contributed by atoms with van der Waals surface area (Å²) in [4.78, 5) is 8.92. The number of aryl methyl sites for hydroxylation is 2. The molecule has 2 aromatic rings. The molecule has 8 nitrogen and oxygen atoms in total. The van der Waals surface area contributed by atoms with E-state index in [4.69, 9.17) is 0 Å². The average Bonchev–Trinajstić information content (AvgIpc) is 2.91. The molecule has 0 radical (unpaired) electrons. The summed E-state index contributed by atoms with van der Waals surface area (Å²) in [5.41, 5.74) is 1.89. The zero-order chi connectivity index (χ0) is 18.0. The van der Waals surface area contributed by atoms with Gasteiger partial charge in [0, 0.05) is 36.6 Å². The quantitative estimate of drug-likeness (QED) is 0.838. The second kappa shape index (κ2) is 7.09. The van der Waals surface area contributed by atoms with E-state index in [9.17, 15) is 8.42 Å². The lowest BCUT2D eigenvalue weighted by Crippen LogP contribution is -2.39. The molecule has 136 valence electrons. The van der Waals surface area contributed by atoms with E-state index in [1.165, 1.54) is 6.26 Å². The van der Waals surface area contributed by atoms with Crippen molar-refractivity contribution < 1.29 is 8.42 Å². The van der Waals surface area contributed by atoms with Crippen LogP contribution < -0.4 is 5.32 Å². The van der Waals surface area contributed by atoms with Crippen LogP contribution in [0.1, 0.15) is 30.1 Å². The molecular weight excluding hydrogens is 340 g/mol. The Morgan fingerprint density at radius 3 is 2.76 bits per heavy atom. The number of anilines is 2. The first-order valence-corrected chi connectivity index (χ1v) is 10.2. The predicted octanol–water partition coefficient (Wildman–Crippen LogP) is 1.77. The van der Waals surface area contributed by atoms with Gasteiger partial charge in [-0.3, -0.25) is 5.10 Å². The maximum atomic E-state index is 11.8. The highest BCUT2D eigenvalue weighted by atomic mass is 32.2. The van der Waals surface area contributed by atoms with Gasteiger partial charge in [-0.05, 0) is 39.0 Å². The number of piperidine rings is 1. The van der Waals surface area contributed by atoms with Crippen molar-refractivity contribution in [2.75, 3.05) is 24.7 Å². The first kappa shape index (κ1) is 17.8. The molecular formula is C16H24N6O2S. The van der Waals surface area contributed by atoms with E-state index in [0.29, 0.717) is 30.5 Å². The van der Waals surface area contributed by atoms with Crippen molar-refractivity contribution in [1.29, 1.82) is 0 Å². The Morgan fingerprint density at radius 1 is 1.28 bits per heavy atom. The van der Waals surface area contributed by atoms with Crippen LogP contribution in [0.3, 0.4) is 0 Å². The molecule has 3 rings (SSSR count). The number of sulfonamides is 1. The molecule has 9 heteroatoms.